The highest BCUT2D eigenvalue weighted by atomic mass is 32.2. The van der Waals surface area contributed by atoms with Crippen LogP contribution in [0.4, 0.5) is 0 Å². The van der Waals surface area contributed by atoms with E-state index in [-0.39, 0.29) is 16.7 Å². The first-order valence-electron chi connectivity index (χ1n) is 8.62. The van der Waals surface area contributed by atoms with Crippen LogP contribution >= 0.6 is 11.3 Å². The Morgan fingerprint density at radius 3 is 2.61 bits per heavy atom. The molecule has 0 saturated carbocycles. The van der Waals surface area contributed by atoms with Crippen LogP contribution in [-0.2, 0) is 21.3 Å². The van der Waals surface area contributed by atoms with Gasteiger partial charge in [0.1, 0.15) is 15.7 Å². The highest BCUT2D eigenvalue weighted by molar-refractivity contribution is 7.91. The number of nitrogens with one attached hydrogen (secondary N) is 1. The number of benzene rings is 1. The normalized spacial score (nSPS) is 15.2. The van der Waals surface area contributed by atoms with Crippen molar-refractivity contribution < 1.29 is 27.4 Å². The summed E-state index contributed by atoms with van der Waals surface area (Å²) < 4.78 is 42.6. The van der Waals surface area contributed by atoms with Crippen LogP contribution in [0.25, 0.3) is 0 Å². The van der Waals surface area contributed by atoms with E-state index >= 15 is 0 Å². The Balaban J connectivity index is 1.67. The van der Waals surface area contributed by atoms with Gasteiger partial charge in [-0.15, -0.1) is 11.3 Å². The molecule has 10 heteroatoms. The predicted molar refractivity (Wildman–Crippen MR) is 105 cm³/mol. The summed E-state index contributed by atoms with van der Waals surface area (Å²) in [5.74, 6) is 0.675. The molecule has 0 bridgehead atoms. The average molecular weight is 427 g/mol. The summed E-state index contributed by atoms with van der Waals surface area (Å²) >= 11 is 1.15. The van der Waals surface area contributed by atoms with Crippen LogP contribution in [-0.4, -0.2) is 59.2 Å². The molecule has 1 saturated heterocycles. The van der Waals surface area contributed by atoms with E-state index in [1.54, 1.807) is 30.3 Å². The van der Waals surface area contributed by atoms with Crippen molar-refractivity contribution >= 4 is 27.3 Å². The van der Waals surface area contributed by atoms with Crippen molar-refractivity contribution in [2.24, 2.45) is 0 Å². The Hall–Kier alpha value is -2.14. The van der Waals surface area contributed by atoms with Gasteiger partial charge in [0.15, 0.2) is 0 Å². The maximum absolute atomic E-state index is 12.7. The molecule has 1 aliphatic rings. The standard InChI is InChI=1S/C18H22N2O6S2/c1-24-13-3-5-15(16(11-13)25-2)18(21)19-12-14-4-6-17(27-14)28(22,23)20-7-9-26-10-8-20/h3-6,11H,7-10,12H2,1-2H3,(H,19,21). The number of thiophene rings is 1. The molecule has 2 heterocycles. The van der Waals surface area contributed by atoms with Crippen LogP contribution < -0.4 is 14.8 Å². The number of carbonyl (C=O) groups excluding carboxylic acids is 1. The molecule has 3 rings (SSSR count). The average Bonchev–Trinajstić information content (AvgIpc) is 3.22. The molecule has 1 fully saturated rings. The third kappa shape index (κ3) is 4.46. The number of amides is 1. The van der Waals surface area contributed by atoms with E-state index in [1.165, 1.54) is 18.5 Å². The van der Waals surface area contributed by atoms with Crippen LogP contribution in [0, 0.1) is 0 Å². The molecule has 1 aliphatic heterocycles. The fourth-order valence-electron chi connectivity index (χ4n) is 2.75. The number of ether oxygens (including phenoxy) is 3. The molecule has 2 aromatic rings. The van der Waals surface area contributed by atoms with Gasteiger partial charge in [0.2, 0.25) is 0 Å². The molecule has 0 aliphatic carbocycles. The van der Waals surface area contributed by atoms with Crippen molar-refractivity contribution in [1.82, 2.24) is 9.62 Å². The van der Waals surface area contributed by atoms with E-state index in [1.807, 2.05) is 0 Å². The van der Waals surface area contributed by atoms with Crippen molar-refractivity contribution in [3.8, 4) is 11.5 Å². The molecule has 1 aromatic heterocycles. The molecule has 1 aromatic carbocycles. The summed E-state index contributed by atoms with van der Waals surface area (Å²) in [6.45, 7) is 1.72. The van der Waals surface area contributed by atoms with E-state index in [9.17, 15) is 13.2 Å². The van der Waals surface area contributed by atoms with Gasteiger partial charge in [0.05, 0.1) is 39.5 Å². The summed E-state index contributed by atoms with van der Waals surface area (Å²) in [5, 5.41) is 2.79. The van der Waals surface area contributed by atoms with Gasteiger partial charge in [-0.2, -0.15) is 4.31 Å². The zero-order valence-electron chi connectivity index (χ0n) is 15.6. The zero-order chi connectivity index (χ0) is 20.1. The highest BCUT2D eigenvalue weighted by Gasteiger charge is 2.27. The van der Waals surface area contributed by atoms with Gasteiger partial charge in [0.25, 0.3) is 15.9 Å². The molecule has 0 atom stereocenters. The largest absolute Gasteiger partial charge is 0.497 e. The summed E-state index contributed by atoms with van der Waals surface area (Å²) in [4.78, 5) is 13.2. The lowest BCUT2D eigenvalue weighted by molar-refractivity contribution is 0.0731. The molecule has 8 nitrogen and oxygen atoms in total. The van der Waals surface area contributed by atoms with Crippen LogP contribution in [0.3, 0.4) is 0 Å². The quantitative estimate of drug-likeness (QED) is 0.725. The van der Waals surface area contributed by atoms with E-state index in [0.717, 1.165) is 16.2 Å². The fourth-order valence-corrected chi connectivity index (χ4v) is 5.61. The van der Waals surface area contributed by atoms with Crippen molar-refractivity contribution in [2.75, 3.05) is 40.5 Å². The summed E-state index contributed by atoms with van der Waals surface area (Å²) in [7, 11) is -0.510. The van der Waals surface area contributed by atoms with E-state index in [4.69, 9.17) is 14.2 Å². The third-order valence-corrected chi connectivity index (χ3v) is 7.73. The second kappa shape index (κ2) is 8.91. The van der Waals surface area contributed by atoms with Gasteiger partial charge in [-0.05, 0) is 24.3 Å². The smallest absolute Gasteiger partial charge is 0.255 e. The number of nitrogens with zero attached hydrogens (tertiary/aromatic N) is 1. The van der Waals surface area contributed by atoms with Crippen LogP contribution in [0.1, 0.15) is 15.2 Å². The first kappa shape index (κ1) is 20.6. The second-order valence-corrected chi connectivity index (χ2v) is 9.32. The van der Waals surface area contributed by atoms with Gasteiger partial charge >= 0.3 is 0 Å². The third-order valence-electron chi connectivity index (χ3n) is 4.28. The molecule has 0 unspecified atom stereocenters. The molecule has 1 N–H and O–H groups in total. The number of hydrogen-bond donors (Lipinski definition) is 1. The minimum atomic E-state index is -3.53. The Kier molecular flexibility index (Phi) is 6.55. The topological polar surface area (TPSA) is 94.2 Å². The predicted octanol–water partition coefficient (Wildman–Crippen LogP) is 1.72. The number of methoxy groups -OCH3 is 2. The Morgan fingerprint density at radius 2 is 1.93 bits per heavy atom. The maximum atomic E-state index is 12.7. The van der Waals surface area contributed by atoms with Crippen molar-refractivity contribution in [1.29, 1.82) is 0 Å². The molecule has 1 amide bonds. The molecule has 28 heavy (non-hydrogen) atoms. The lowest BCUT2D eigenvalue weighted by atomic mass is 10.1. The van der Waals surface area contributed by atoms with Crippen molar-refractivity contribution in [2.45, 2.75) is 10.8 Å². The Bertz CT molecular complexity index is 935. The molecule has 0 spiro atoms. The van der Waals surface area contributed by atoms with Crippen LogP contribution in [0.2, 0.25) is 0 Å². The molecule has 152 valence electrons. The first-order chi connectivity index (χ1) is 13.5. The van der Waals surface area contributed by atoms with Gasteiger partial charge < -0.3 is 19.5 Å². The van der Waals surface area contributed by atoms with Gasteiger partial charge in [-0.25, -0.2) is 8.42 Å². The molecular formula is C18H22N2O6S2. The number of carbonyl (C=O) groups is 1. The summed E-state index contributed by atoms with van der Waals surface area (Å²) in [6.07, 6.45) is 0. The van der Waals surface area contributed by atoms with Crippen LogP contribution in [0.15, 0.2) is 34.5 Å². The summed E-state index contributed by atoms with van der Waals surface area (Å²) in [5.41, 5.74) is 0.376. The Morgan fingerprint density at radius 1 is 1.18 bits per heavy atom. The fraction of sp³-hybridized carbons (Fsp3) is 0.389. The van der Waals surface area contributed by atoms with Gasteiger partial charge in [-0.3, -0.25) is 4.79 Å². The Labute approximate surface area is 168 Å². The second-order valence-electron chi connectivity index (χ2n) is 5.99. The minimum Gasteiger partial charge on any atom is -0.497 e. The van der Waals surface area contributed by atoms with E-state index in [2.05, 4.69) is 5.32 Å². The van der Waals surface area contributed by atoms with E-state index < -0.39 is 10.0 Å². The van der Waals surface area contributed by atoms with E-state index in [0.29, 0.717) is 43.4 Å². The minimum absolute atomic E-state index is 0.220. The van der Waals surface area contributed by atoms with Crippen LogP contribution in [0.5, 0.6) is 11.5 Å². The number of sulfonamides is 1. The maximum Gasteiger partial charge on any atom is 0.255 e. The van der Waals surface area contributed by atoms with Gasteiger partial charge in [-0.1, -0.05) is 0 Å². The van der Waals surface area contributed by atoms with Gasteiger partial charge in [0, 0.05) is 24.0 Å². The summed E-state index contributed by atoms with van der Waals surface area (Å²) in [6, 6.07) is 8.22. The number of morpholine rings is 1. The molecular weight excluding hydrogens is 404 g/mol. The van der Waals surface area contributed by atoms with Crippen molar-refractivity contribution in [3.05, 3.63) is 40.8 Å². The zero-order valence-corrected chi connectivity index (χ0v) is 17.3. The molecule has 0 radical (unpaired) electrons. The lowest BCUT2D eigenvalue weighted by Crippen LogP contribution is -2.40. The highest BCUT2D eigenvalue weighted by Crippen LogP contribution is 2.27. The van der Waals surface area contributed by atoms with Crippen molar-refractivity contribution in [3.63, 3.8) is 0 Å². The number of hydrogen-bond acceptors (Lipinski definition) is 7. The SMILES string of the molecule is COc1ccc(C(=O)NCc2ccc(S(=O)(=O)N3CCOCC3)s2)c(OC)c1. The monoisotopic (exact) mass is 426 g/mol. The number of rotatable bonds is 7. The first-order valence-corrected chi connectivity index (χ1v) is 10.9. The lowest BCUT2D eigenvalue weighted by Gasteiger charge is -2.25.